The standard InChI is InChI=1S/C16H14F2N4O3S/c1-26(24,25)12-4-2-3-10(7-12)15-21-20-14-6-5-11(9-22(14)15)16(23)19-8-13(17)18/h2-7,9,13H,8H2,1H3,(H-,19,23,24,25). The van der Waals surface area contributed by atoms with Crippen molar-refractivity contribution in [3.05, 3.63) is 48.2 Å². The molecule has 1 aromatic carbocycles. The zero-order valence-electron chi connectivity index (χ0n) is 13.6. The first-order chi connectivity index (χ1) is 12.3. The molecule has 2 heterocycles. The summed E-state index contributed by atoms with van der Waals surface area (Å²) < 4.78 is 49.5. The van der Waals surface area contributed by atoms with E-state index in [0.717, 1.165) is 6.26 Å². The van der Waals surface area contributed by atoms with Crippen molar-refractivity contribution in [1.29, 1.82) is 0 Å². The van der Waals surface area contributed by atoms with Crippen LogP contribution in [-0.2, 0) is 14.4 Å². The molecule has 3 aromatic rings. The molecule has 1 unspecified atom stereocenters. The summed E-state index contributed by atoms with van der Waals surface area (Å²) in [6.07, 6.45) is -0.134. The predicted molar refractivity (Wildman–Crippen MR) is 89.8 cm³/mol. The van der Waals surface area contributed by atoms with Crippen molar-refractivity contribution >= 4 is 21.8 Å². The van der Waals surface area contributed by atoms with Gasteiger partial charge in [-0.3, -0.25) is 9.20 Å². The molecule has 1 atom stereocenters. The Hall–Kier alpha value is -2.72. The highest BCUT2D eigenvalue weighted by atomic mass is 32.3. The molecule has 0 saturated carbocycles. The molecule has 7 nitrogen and oxygen atoms in total. The van der Waals surface area contributed by atoms with Crippen molar-refractivity contribution in [2.24, 2.45) is 0 Å². The van der Waals surface area contributed by atoms with E-state index in [1.807, 2.05) is 0 Å². The SMILES string of the molecule is C[S+](=O)([O-])c1cccc(-c2nnc3ccc(C(=O)NCC(F)F)cn23)c1. The van der Waals surface area contributed by atoms with Gasteiger partial charge in [-0.05, 0) is 18.2 Å². The maximum absolute atomic E-state index is 12.2. The van der Waals surface area contributed by atoms with Gasteiger partial charge in [-0.25, -0.2) is 8.78 Å². The molecular weight excluding hydrogens is 366 g/mol. The number of hydrogen-bond donors (Lipinski definition) is 1. The fraction of sp³-hybridized carbons (Fsp3) is 0.188. The number of carbonyl (C=O) groups excluding carboxylic acids is 1. The molecule has 1 N–H and O–H groups in total. The van der Waals surface area contributed by atoms with Crippen LogP contribution in [0.2, 0.25) is 0 Å². The molecule has 0 saturated heterocycles. The Labute approximate surface area is 148 Å². The monoisotopic (exact) mass is 380 g/mol. The summed E-state index contributed by atoms with van der Waals surface area (Å²) in [6.45, 7) is -0.748. The van der Waals surface area contributed by atoms with Gasteiger partial charge in [-0.15, -0.1) is 14.4 Å². The Morgan fingerprint density at radius 2 is 2.08 bits per heavy atom. The van der Waals surface area contributed by atoms with Gasteiger partial charge in [0.1, 0.15) is 6.26 Å². The molecule has 2 aromatic heterocycles. The first-order valence-electron chi connectivity index (χ1n) is 7.47. The molecule has 3 rings (SSSR count). The zero-order chi connectivity index (χ0) is 18.9. The maximum atomic E-state index is 12.2. The number of rotatable bonds is 5. The van der Waals surface area contributed by atoms with Gasteiger partial charge in [0.2, 0.25) is 0 Å². The van der Waals surface area contributed by atoms with Crippen molar-refractivity contribution < 1.29 is 22.3 Å². The van der Waals surface area contributed by atoms with E-state index in [2.05, 4.69) is 15.5 Å². The number of fused-ring (bicyclic) bond motifs is 1. The summed E-state index contributed by atoms with van der Waals surface area (Å²) in [5.74, 6) is -0.328. The van der Waals surface area contributed by atoms with Crippen LogP contribution in [0.4, 0.5) is 8.78 Å². The smallest absolute Gasteiger partial charge is 0.255 e. The lowest BCUT2D eigenvalue weighted by Crippen LogP contribution is -2.28. The van der Waals surface area contributed by atoms with E-state index in [4.69, 9.17) is 0 Å². The minimum atomic E-state index is -3.40. The second kappa shape index (κ2) is 6.89. The van der Waals surface area contributed by atoms with Gasteiger partial charge in [0.05, 0.1) is 22.3 Å². The third-order valence-corrected chi connectivity index (χ3v) is 4.71. The van der Waals surface area contributed by atoms with E-state index in [1.54, 1.807) is 12.1 Å². The molecule has 26 heavy (non-hydrogen) atoms. The molecule has 0 aliphatic heterocycles. The van der Waals surface area contributed by atoms with Crippen LogP contribution >= 0.6 is 0 Å². The Bertz CT molecular complexity index is 1020. The lowest BCUT2D eigenvalue weighted by molar-refractivity contribution is 0.0891. The van der Waals surface area contributed by atoms with Crippen LogP contribution in [0.15, 0.2) is 47.5 Å². The summed E-state index contributed by atoms with van der Waals surface area (Å²) in [5, 5.41) is 10.1. The zero-order valence-corrected chi connectivity index (χ0v) is 14.4. The first-order valence-corrected chi connectivity index (χ1v) is 9.36. The molecule has 0 fully saturated rings. The fourth-order valence-corrected chi connectivity index (χ4v) is 3.03. The fourth-order valence-electron chi connectivity index (χ4n) is 2.36. The second-order valence-corrected chi connectivity index (χ2v) is 7.59. The van der Waals surface area contributed by atoms with Crippen LogP contribution < -0.4 is 5.32 Å². The summed E-state index contributed by atoms with van der Waals surface area (Å²) in [4.78, 5) is 12.1. The molecule has 0 bridgehead atoms. The molecule has 0 radical (unpaired) electrons. The number of benzene rings is 1. The molecule has 136 valence electrons. The highest BCUT2D eigenvalue weighted by molar-refractivity contribution is 7.97. The van der Waals surface area contributed by atoms with Crippen LogP contribution in [0.1, 0.15) is 10.4 Å². The summed E-state index contributed by atoms with van der Waals surface area (Å²) in [5.41, 5.74) is 1.07. The van der Waals surface area contributed by atoms with Gasteiger partial charge >= 0.3 is 0 Å². The number of amides is 1. The van der Waals surface area contributed by atoms with Crippen LogP contribution in [-0.4, -0.2) is 44.3 Å². The predicted octanol–water partition coefficient (Wildman–Crippen LogP) is 2.01. The Balaban J connectivity index is 2.01. The highest BCUT2D eigenvalue weighted by Crippen LogP contribution is 2.23. The second-order valence-electron chi connectivity index (χ2n) is 5.57. The Morgan fingerprint density at radius 1 is 1.31 bits per heavy atom. The Morgan fingerprint density at radius 3 is 2.77 bits per heavy atom. The summed E-state index contributed by atoms with van der Waals surface area (Å²) >= 11 is 0. The van der Waals surface area contributed by atoms with Crippen molar-refractivity contribution in [2.45, 2.75) is 11.3 Å². The number of sulfone groups is 1. The number of nitrogens with one attached hydrogen (secondary N) is 1. The quantitative estimate of drug-likeness (QED) is 0.683. The number of hydrogen-bond acceptors (Lipinski definition) is 5. The highest BCUT2D eigenvalue weighted by Gasteiger charge is 2.17. The van der Waals surface area contributed by atoms with E-state index in [0.29, 0.717) is 17.0 Å². The number of pyridine rings is 1. The minimum absolute atomic E-state index is 0.123. The normalized spacial score (nSPS) is 13.7. The van der Waals surface area contributed by atoms with Crippen molar-refractivity contribution in [3.8, 4) is 11.4 Å². The largest absolute Gasteiger partial charge is 0.610 e. The number of carbonyl (C=O) groups is 1. The van der Waals surface area contributed by atoms with Gasteiger partial charge in [0, 0.05) is 17.8 Å². The van der Waals surface area contributed by atoms with Gasteiger partial charge < -0.3 is 9.87 Å². The molecule has 0 aliphatic rings. The molecular formula is C16H14F2N4O3S. The van der Waals surface area contributed by atoms with Gasteiger partial charge in [-0.2, -0.15) is 0 Å². The van der Waals surface area contributed by atoms with Crippen molar-refractivity contribution in [2.75, 3.05) is 12.8 Å². The van der Waals surface area contributed by atoms with Gasteiger partial charge in [0.25, 0.3) is 12.3 Å². The number of halogens is 2. The topological polar surface area (TPSA) is 99.4 Å². The van der Waals surface area contributed by atoms with Crippen LogP contribution in [0.25, 0.3) is 17.0 Å². The van der Waals surface area contributed by atoms with E-state index < -0.39 is 29.1 Å². The minimum Gasteiger partial charge on any atom is -0.610 e. The molecule has 0 spiro atoms. The van der Waals surface area contributed by atoms with E-state index in [-0.39, 0.29) is 10.5 Å². The lowest BCUT2D eigenvalue weighted by Gasteiger charge is -2.09. The van der Waals surface area contributed by atoms with Crippen LogP contribution in [0.5, 0.6) is 0 Å². The van der Waals surface area contributed by atoms with E-state index in [1.165, 1.54) is 34.9 Å². The van der Waals surface area contributed by atoms with Gasteiger partial charge in [-0.1, -0.05) is 12.1 Å². The Kier molecular flexibility index (Phi) is 4.79. The third kappa shape index (κ3) is 3.75. The van der Waals surface area contributed by atoms with Crippen molar-refractivity contribution in [3.63, 3.8) is 0 Å². The average molecular weight is 380 g/mol. The lowest BCUT2D eigenvalue weighted by atomic mass is 10.2. The average Bonchev–Trinajstić information content (AvgIpc) is 3.02. The maximum Gasteiger partial charge on any atom is 0.255 e. The number of aromatic nitrogens is 3. The van der Waals surface area contributed by atoms with E-state index in [9.17, 15) is 22.3 Å². The van der Waals surface area contributed by atoms with E-state index >= 15 is 0 Å². The van der Waals surface area contributed by atoms with Crippen LogP contribution in [0, 0.1) is 0 Å². The third-order valence-electron chi connectivity index (χ3n) is 3.60. The first kappa shape index (κ1) is 18.1. The molecule has 1 amide bonds. The number of nitrogens with zero attached hydrogens (tertiary/aromatic N) is 3. The molecule has 10 heteroatoms. The molecule has 0 aliphatic carbocycles. The van der Waals surface area contributed by atoms with Crippen molar-refractivity contribution in [1.82, 2.24) is 19.9 Å². The summed E-state index contributed by atoms with van der Waals surface area (Å²) in [7, 11) is -3.40. The van der Waals surface area contributed by atoms with Gasteiger partial charge in [0.15, 0.2) is 16.4 Å². The van der Waals surface area contributed by atoms with Crippen LogP contribution in [0.3, 0.4) is 0 Å². The number of alkyl halides is 2. The summed E-state index contributed by atoms with van der Waals surface area (Å²) in [6, 6.07) is 9.12.